The molecule has 0 saturated carbocycles. The molecule has 0 aliphatic carbocycles. The third-order valence-corrected chi connectivity index (χ3v) is 3.06. The third-order valence-electron chi connectivity index (χ3n) is 3.06. The highest BCUT2D eigenvalue weighted by Gasteiger charge is 2.25. The van der Waals surface area contributed by atoms with E-state index in [0.29, 0.717) is 24.2 Å². The molecular weight excluding hydrogens is 266 g/mol. The zero-order valence-electron chi connectivity index (χ0n) is 12.5. The van der Waals surface area contributed by atoms with Crippen LogP contribution in [-0.2, 0) is 11.2 Å². The van der Waals surface area contributed by atoms with Crippen molar-refractivity contribution >= 4 is 17.0 Å². The van der Waals surface area contributed by atoms with E-state index < -0.39 is 11.7 Å². The van der Waals surface area contributed by atoms with E-state index in [-0.39, 0.29) is 0 Å². The summed E-state index contributed by atoms with van der Waals surface area (Å²) in [5, 5.41) is 10.3. The van der Waals surface area contributed by atoms with Gasteiger partial charge in [-0.15, -0.1) is 0 Å². The molecular formula is C16H19N3O2. The van der Waals surface area contributed by atoms with E-state index in [1.807, 2.05) is 18.2 Å². The van der Waals surface area contributed by atoms with Crippen molar-refractivity contribution in [2.75, 3.05) is 6.54 Å². The summed E-state index contributed by atoms with van der Waals surface area (Å²) in [6.07, 6.45) is -0.00216. The summed E-state index contributed by atoms with van der Waals surface area (Å²) in [5.41, 5.74) is 6.77. The molecule has 0 bridgehead atoms. The van der Waals surface area contributed by atoms with Gasteiger partial charge in [-0.2, -0.15) is 5.26 Å². The number of hydrogen-bond acceptors (Lipinski definition) is 4. The largest absolute Gasteiger partial charge is 0.443 e. The molecule has 2 aromatic rings. The fraction of sp³-hybridized carbons (Fsp3) is 0.375. The predicted octanol–water partition coefficient (Wildman–Crippen LogP) is 2.80. The highest BCUT2D eigenvalue weighted by molar-refractivity contribution is 5.94. The van der Waals surface area contributed by atoms with Crippen LogP contribution in [0.4, 0.5) is 4.79 Å². The first-order valence-electron chi connectivity index (χ1n) is 6.85. The molecule has 5 heteroatoms. The molecule has 0 radical (unpaired) electrons. The van der Waals surface area contributed by atoms with Crippen LogP contribution in [0.2, 0.25) is 0 Å². The predicted molar refractivity (Wildman–Crippen MR) is 81.0 cm³/mol. The van der Waals surface area contributed by atoms with Gasteiger partial charge in [0.15, 0.2) is 0 Å². The second kappa shape index (κ2) is 5.58. The molecule has 1 aromatic heterocycles. The number of aromatic nitrogens is 1. The molecule has 0 saturated heterocycles. The van der Waals surface area contributed by atoms with Gasteiger partial charge in [-0.05, 0) is 45.4 Å². The van der Waals surface area contributed by atoms with Gasteiger partial charge in [0.25, 0.3) is 0 Å². The number of nitrogens with two attached hydrogens (primary N) is 1. The van der Waals surface area contributed by atoms with Crippen LogP contribution in [0.1, 0.15) is 32.0 Å². The molecule has 2 rings (SSSR count). The number of hydrogen-bond donors (Lipinski definition) is 1. The Morgan fingerprint density at radius 2 is 2.05 bits per heavy atom. The number of para-hydroxylation sites is 1. The molecule has 0 aliphatic heterocycles. The zero-order chi connectivity index (χ0) is 15.6. The topological polar surface area (TPSA) is 81.0 Å². The Balaban J connectivity index is 2.68. The van der Waals surface area contributed by atoms with Crippen LogP contribution in [0, 0.1) is 11.3 Å². The van der Waals surface area contributed by atoms with Crippen molar-refractivity contribution in [1.29, 1.82) is 5.26 Å². The molecule has 0 spiro atoms. The number of carbonyl (C=O) groups excluding carboxylic acids is 1. The van der Waals surface area contributed by atoms with Gasteiger partial charge in [-0.1, -0.05) is 18.2 Å². The highest BCUT2D eigenvalue weighted by Crippen LogP contribution is 2.27. The lowest BCUT2D eigenvalue weighted by Gasteiger charge is -2.20. The zero-order valence-corrected chi connectivity index (χ0v) is 12.5. The van der Waals surface area contributed by atoms with Crippen molar-refractivity contribution in [3.05, 3.63) is 35.5 Å². The van der Waals surface area contributed by atoms with Gasteiger partial charge in [-0.25, -0.2) is 9.36 Å². The summed E-state index contributed by atoms with van der Waals surface area (Å²) < 4.78 is 6.75. The van der Waals surface area contributed by atoms with E-state index in [2.05, 4.69) is 6.07 Å². The van der Waals surface area contributed by atoms with Crippen molar-refractivity contribution < 1.29 is 9.53 Å². The third kappa shape index (κ3) is 2.91. The van der Waals surface area contributed by atoms with Crippen LogP contribution in [0.5, 0.6) is 0 Å². The Labute approximate surface area is 123 Å². The average molecular weight is 285 g/mol. The maximum atomic E-state index is 12.4. The molecule has 0 fully saturated rings. The molecule has 0 aliphatic rings. The lowest BCUT2D eigenvalue weighted by atomic mass is 10.1. The van der Waals surface area contributed by atoms with Gasteiger partial charge in [0, 0.05) is 5.39 Å². The Morgan fingerprint density at radius 3 is 2.62 bits per heavy atom. The van der Waals surface area contributed by atoms with E-state index in [9.17, 15) is 10.1 Å². The van der Waals surface area contributed by atoms with E-state index in [1.165, 1.54) is 4.57 Å². The SMILES string of the molecule is CC(C)(C)OC(=O)n1c(C#N)c(CCN)c2ccccc21. The van der Waals surface area contributed by atoms with Crippen LogP contribution < -0.4 is 5.73 Å². The number of nitrogens with zero attached hydrogens (tertiary/aromatic N) is 2. The molecule has 0 atom stereocenters. The van der Waals surface area contributed by atoms with Gasteiger partial charge in [0.2, 0.25) is 0 Å². The van der Waals surface area contributed by atoms with Crippen molar-refractivity contribution in [2.45, 2.75) is 32.8 Å². The number of ether oxygens (including phenoxy) is 1. The monoisotopic (exact) mass is 285 g/mol. The summed E-state index contributed by atoms with van der Waals surface area (Å²) in [5.74, 6) is 0. The van der Waals surface area contributed by atoms with Crippen LogP contribution in [0.15, 0.2) is 24.3 Å². The van der Waals surface area contributed by atoms with Crippen LogP contribution >= 0.6 is 0 Å². The van der Waals surface area contributed by atoms with Crippen molar-refractivity contribution in [3.63, 3.8) is 0 Å². The van der Waals surface area contributed by atoms with E-state index in [0.717, 1.165) is 10.9 Å². The smallest absolute Gasteiger partial charge is 0.420 e. The Bertz CT molecular complexity index is 717. The lowest BCUT2D eigenvalue weighted by molar-refractivity contribution is 0.0543. The first-order valence-corrected chi connectivity index (χ1v) is 6.85. The first-order chi connectivity index (χ1) is 9.89. The minimum absolute atomic E-state index is 0.302. The number of benzene rings is 1. The maximum absolute atomic E-state index is 12.4. The quantitative estimate of drug-likeness (QED) is 0.920. The lowest BCUT2D eigenvalue weighted by Crippen LogP contribution is -2.27. The van der Waals surface area contributed by atoms with Crippen LogP contribution in [-0.4, -0.2) is 22.8 Å². The van der Waals surface area contributed by atoms with Gasteiger partial charge in [0.05, 0.1) is 5.52 Å². The average Bonchev–Trinajstić information content (AvgIpc) is 2.71. The Hall–Kier alpha value is -2.32. The second-order valence-corrected chi connectivity index (χ2v) is 5.81. The molecule has 5 nitrogen and oxygen atoms in total. The standard InChI is InChI=1S/C16H19N3O2/c1-16(2,3)21-15(20)19-13-7-5-4-6-11(13)12(8-9-17)14(19)10-18/h4-7H,8-9,17H2,1-3H3. The second-order valence-electron chi connectivity index (χ2n) is 5.81. The highest BCUT2D eigenvalue weighted by atomic mass is 16.6. The Kier molecular flexibility index (Phi) is 4.01. The molecule has 1 heterocycles. The minimum atomic E-state index is -0.622. The molecule has 1 aromatic carbocycles. The number of carbonyl (C=O) groups is 1. The van der Waals surface area contributed by atoms with E-state index >= 15 is 0 Å². The van der Waals surface area contributed by atoms with Crippen molar-refractivity contribution in [2.24, 2.45) is 5.73 Å². The van der Waals surface area contributed by atoms with Crippen LogP contribution in [0.25, 0.3) is 10.9 Å². The number of fused-ring (bicyclic) bond motifs is 1. The Morgan fingerprint density at radius 1 is 1.38 bits per heavy atom. The van der Waals surface area contributed by atoms with Gasteiger partial charge in [0.1, 0.15) is 17.4 Å². The molecule has 2 N–H and O–H groups in total. The van der Waals surface area contributed by atoms with Crippen molar-refractivity contribution in [1.82, 2.24) is 4.57 Å². The molecule has 21 heavy (non-hydrogen) atoms. The fourth-order valence-electron chi connectivity index (χ4n) is 2.32. The first kappa shape index (κ1) is 15.1. The number of rotatable bonds is 2. The maximum Gasteiger partial charge on any atom is 0.420 e. The van der Waals surface area contributed by atoms with Crippen LogP contribution in [0.3, 0.4) is 0 Å². The molecule has 0 unspecified atom stereocenters. The van der Waals surface area contributed by atoms with Crippen molar-refractivity contribution in [3.8, 4) is 6.07 Å². The normalized spacial score (nSPS) is 11.4. The summed E-state index contributed by atoms with van der Waals surface area (Å²) in [4.78, 5) is 12.4. The minimum Gasteiger partial charge on any atom is -0.443 e. The molecule has 110 valence electrons. The van der Waals surface area contributed by atoms with E-state index in [4.69, 9.17) is 10.5 Å². The van der Waals surface area contributed by atoms with Gasteiger partial charge < -0.3 is 10.5 Å². The fourth-order valence-corrected chi connectivity index (χ4v) is 2.32. The summed E-state index contributed by atoms with van der Waals surface area (Å²) in [6.45, 7) is 5.80. The van der Waals surface area contributed by atoms with Gasteiger partial charge in [-0.3, -0.25) is 0 Å². The van der Waals surface area contributed by atoms with E-state index in [1.54, 1.807) is 26.8 Å². The van der Waals surface area contributed by atoms with Gasteiger partial charge >= 0.3 is 6.09 Å². The summed E-state index contributed by atoms with van der Waals surface area (Å²) in [6, 6.07) is 9.52. The summed E-state index contributed by atoms with van der Waals surface area (Å²) in [7, 11) is 0. The number of nitriles is 1. The summed E-state index contributed by atoms with van der Waals surface area (Å²) >= 11 is 0. The molecule has 0 amide bonds.